The average molecular weight is 158 g/mol. The second-order valence-electron chi connectivity index (χ2n) is 2.77. The lowest BCUT2D eigenvalue weighted by molar-refractivity contribution is 0.709. The van der Waals surface area contributed by atoms with Gasteiger partial charge in [0.2, 0.25) is 0 Å². The summed E-state index contributed by atoms with van der Waals surface area (Å²) in [4.78, 5) is 1.58. The maximum Gasteiger partial charge on any atom is 0.119 e. The Bertz CT molecular complexity index is 469. The van der Waals surface area contributed by atoms with Gasteiger partial charge >= 0.3 is 0 Å². The highest BCUT2D eigenvalue weighted by Gasteiger charge is 2.10. The molecule has 2 aromatic rings. The van der Waals surface area contributed by atoms with E-state index >= 15 is 0 Å². The predicted molar refractivity (Wildman–Crippen MR) is 45.1 cm³/mol. The molecule has 12 heavy (non-hydrogen) atoms. The number of aromatic nitrogens is 3. The zero-order valence-corrected chi connectivity index (χ0v) is 6.31. The van der Waals surface area contributed by atoms with Gasteiger partial charge in [-0.25, -0.2) is 0 Å². The number of hydrogen-bond acceptors (Lipinski definition) is 3. The highest BCUT2D eigenvalue weighted by molar-refractivity contribution is 5.83. The second kappa shape index (κ2) is 1.91. The van der Waals surface area contributed by atoms with Crippen molar-refractivity contribution in [2.24, 2.45) is 5.10 Å². The van der Waals surface area contributed by atoms with E-state index in [1.165, 1.54) is 5.56 Å². The molecule has 0 atom stereocenters. The van der Waals surface area contributed by atoms with Gasteiger partial charge in [-0.15, -0.1) is 9.89 Å². The van der Waals surface area contributed by atoms with Crippen molar-refractivity contribution in [2.75, 3.05) is 0 Å². The Balaban J connectivity index is 2.57. The molecule has 1 aliphatic rings. The first-order valence-electron chi connectivity index (χ1n) is 3.81. The first-order chi connectivity index (χ1) is 5.95. The Morgan fingerprint density at radius 3 is 3.33 bits per heavy atom. The van der Waals surface area contributed by atoms with E-state index in [-0.39, 0.29) is 0 Å². The minimum absolute atomic E-state index is 0.880. The molecule has 1 aromatic carbocycles. The SMILES string of the molecule is C1=Nn2nnc3cccc(c32)C1. The smallest absolute Gasteiger partial charge is 0.119 e. The quantitative estimate of drug-likeness (QED) is 0.569. The third kappa shape index (κ3) is 0.592. The van der Waals surface area contributed by atoms with Gasteiger partial charge in [-0.1, -0.05) is 12.1 Å². The Hall–Kier alpha value is -1.71. The van der Waals surface area contributed by atoms with Crippen LogP contribution in [0.15, 0.2) is 23.3 Å². The van der Waals surface area contributed by atoms with Crippen molar-refractivity contribution in [1.82, 2.24) is 15.1 Å². The molecule has 58 valence electrons. The lowest BCUT2D eigenvalue weighted by atomic mass is 10.1. The molecule has 0 bridgehead atoms. The van der Waals surface area contributed by atoms with Crippen molar-refractivity contribution in [3.63, 3.8) is 0 Å². The van der Waals surface area contributed by atoms with Crippen LogP contribution in [0.3, 0.4) is 0 Å². The number of nitrogens with zero attached hydrogens (tertiary/aromatic N) is 4. The standard InChI is InChI=1S/C8H6N4/c1-2-6-4-5-9-12-8(6)7(3-1)10-11-12/h1-3,5H,4H2. The fraction of sp³-hybridized carbons (Fsp3) is 0.125. The van der Waals surface area contributed by atoms with E-state index < -0.39 is 0 Å². The number of para-hydroxylation sites is 1. The summed E-state index contributed by atoms with van der Waals surface area (Å²) >= 11 is 0. The third-order valence-electron chi connectivity index (χ3n) is 2.04. The lowest BCUT2D eigenvalue weighted by Gasteiger charge is -2.04. The summed E-state index contributed by atoms with van der Waals surface area (Å²) in [7, 11) is 0. The van der Waals surface area contributed by atoms with Gasteiger partial charge in [0.15, 0.2) is 0 Å². The second-order valence-corrected chi connectivity index (χ2v) is 2.77. The van der Waals surface area contributed by atoms with E-state index in [0.717, 1.165) is 17.5 Å². The molecule has 1 aliphatic heterocycles. The molecule has 2 heterocycles. The maximum atomic E-state index is 4.09. The largest absolute Gasteiger partial charge is 0.161 e. The molecule has 0 saturated carbocycles. The molecule has 0 spiro atoms. The lowest BCUT2D eigenvalue weighted by Crippen LogP contribution is -2.02. The van der Waals surface area contributed by atoms with Gasteiger partial charge in [-0.3, -0.25) is 0 Å². The number of hydrogen-bond donors (Lipinski definition) is 0. The van der Waals surface area contributed by atoms with E-state index in [1.807, 2.05) is 18.3 Å². The van der Waals surface area contributed by atoms with Crippen LogP contribution in [0.5, 0.6) is 0 Å². The third-order valence-corrected chi connectivity index (χ3v) is 2.04. The van der Waals surface area contributed by atoms with Crippen molar-refractivity contribution >= 4 is 17.2 Å². The molecule has 3 rings (SSSR count). The molecular weight excluding hydrogens is 152 g/mol. The summed E-state index contributed by atoms with van der Waals surface area (Å²) in [5, 5.41) is 12.0. The molecule has 0 radical (unpaired) electrons. The fourth-order valence-corrected chi connectivity index (χ4v) is 1.49. The molecule has 0 aliphatic carbocycles. The topological polar surface area (TPSA) is 43.1 Å². The predicted octanol–water partition coefficient (Wildman–Crippen LogP) is 0.821. The normalized spacial score (nSPS) is 14.0. The van der Waals surface area contributed by atoms with Crippen LogP contribution < -0.4 is 0 Å². The summed E-state index contributed by atoms with van der Waals surface area (Å²) < 4.78 is 0. The van der Waals surface area contributed by atoms with Gasteiger partial charge in [0.1, 0.15) is 11.0 Å². The first-order valence-corrected chi connectivity index (χ1v) is 3.81. The summed E-state index contributed by atoms with van der Waals surface area (Å²) in [6.07, 6.45) is 2.72. The van der Waals surface area contributed by atoms with E-state index in [9.17, 15) is 0 Å². The fourth-order valence-electron chi connectivity index (χ4n) is 1.49. The Morgan fingerprint density at radius 1 is 1.33 bits per heavy atom. The van der Waals surface area contributed by atoms with Crippen molar-refractivity contribution in [3.8, 4) is 0 Å². The van der Waals surface area contributed by atoms with Crippen molar-refractivity contribution in [2.45, 2.75) is 6.42 Å². The molecule has 4 heteroatoms. The zero-order chi connectivity index (χ0) is 7.97. The molecule has 4 nitrogen and oxygen atoms in total. The van der Waals surface area contributed by atoms with Gasteiger partial charge < -0.3 is 0 Å². The van der Waals surface area contributed by atoms with Crippen LogP contribution in [0.25, 0.3) is 11.0 Å². The molecule has 0 amide bonds. The molecule has 0 N–H and O–H groups in total. The van der Waals surface area contributed by atoms with Gasteiger partial charge in [-0.2, -0.15) is 5.10 Å². The first kappa shape index (κ1) is 5.88. The number of benzene rings is 1. The van der Waals surface area contributed by atoms with Crippen molar-refractivity contribution in [1.29, 1.82) is 0 Å². The highest BCUT2D eigenvalue weighted by Crippen LogP contribution is 2.18. The highest BCUT2D eigenvalue weighted by atomic mass is 15.6. The van der Waals surface area contributed by atoms with Crippen molar-refractivity contribution < 1.29 is 0 Å². The molecule has 0 saturated heterocycles. The van der Waals surface area contributed by atoms with Crippen LogP contribution >= 0.6 is 0 Å². The zero-order valence-electron chi connectivity index (χ0n) is 6.31. The van der Waals surface area contributed by atoms with Crippen molar-refractivity contribution in [3.05, 3.63) is 23.8 Å². The summed E-state index contributed by atoms with van der Waals surface area (Å²) in [5.74, 6) is 0. The maximum absolute atomic E-state index is 4.09. The minimum Gasteiger partial charge on any atom is -0.161 e. The Labute approximate surface area is 68.5 Å². The van der Waals surface area contributed by atoms with E-state index in [2.05, 4.69) is 21.5 Å². The molecule has 0 unspecified atom stereocenters. The molecular formula is C8H6N4. The van der Waals surface area contributed by atoms with Crippen LogP contribution in [-0.2, 0) is 6.42 Å². The van der Waals surface area contributed by atoms with E-state index in [0.29, 0.717) is 0 Å². The van der Waals surface area contributed by atoms with Gasteiger partial charge in [0.25, 0.3) is 0 Å². The summed E-state index contributed by atoms with van der Waals surface area (Å²) in [5.41, 5.74) is 3.21. The van der Waals surface area contributed by atoms with Gasteiger partial charge in [0.05, 0.1) is 0 Å². The van der Waals surface area contributed by atoms with Crippen LogP contribution in [0.4, 0.5) is 0 Å². The monoisotopic (exact) mass is 158 g/mol. The average Bonchev–Trinajstić information content (AvgIpc) is 2.52. The van der Waals surface area contributed by atoms with Crippen LogP contribution in [0.2, 0.25) is 0 Å². The van der Waals surface area contributed by atoms with Crippen LogP contribution in [0.1, 0.15) is 5.56 Å². The molecule has 1 aromatic heterocycles. The Morgan fingerprint density at radius 2 is 2.33 bits per heavy atom. The van der Waals surface area contributed by atoms with E-state index in [4.69, 9.17) is 0 Å². The molecule has 0 fully saturated rings. The van der Waals surface area contributed by atoms with Crippen LogP contribution in [-0.4, -0.2) is 21.3 Å². The van der Waals surface area contributed by atoms with Gasteiger partial charge in [-0.05, 0) is 16.8 Å². The van der Waals surface area contributed by atoms with Gasteiger partial charge in [0, 0.05) is 12.6 Å². The Kier molecular flexibility index (Phi) is 0.935. The van der Waals surface area contributed by atoms with Crippen LogP contribution in [0, 0.1) is 0 Å². The summed E-state index contributed by atoms with van der Waals surface area (Å²) in [6, 6.07) is 6.02. The summed E-state index contributed by atoms with van der Waals surface area (Å²) in [6.45, 7) is 0. The number of rotatable bonds is 0. The minimum atomic E-state index is 0.880. The van der Waals surface area contributed by atoms with E-state index in [1.54, 1.807) is 4.79 Å².